The largest absolute Gasteiger partial charge is 0.308 e. The van der Waals surface area contributed by atoms with Gasteiger partial charge in [-0.25, -0.2) is 13.4 Å². The van der Waals surface area contributed by atoms with Gasteiger partial charge < -0.3 is 4.90 Å². The van der Waals surface area contributed by atoms with Gasteiger partial charge in [0.15, 0.2) is 15.0 Å². The summed E-state index contributed by atoms with van der Waals surface area (Å²) in [4.78, 5) is 22.6. The van der Waals surface area contributed by atoms with Crippen LogP contribution in [0.15, 0.2) is 58.3 Å². The molecule has 0 aliphatic carbocycles. The standard InChI is InChI=1S/C20H23N3O3S3.ClH/c1-22(2)11-12-23(19(24)14-27-15-7-5-4-6-8-15)20-21-17-10-9-16(29(3,25)26)13-18(17)28-20;/h4-10,13H,11-12,14H2,1-3H3;1H. The first kappa shape index (κ1) is 24.6. The Labute approximate surface area is 191 Å². The molecule has 0 fully saturated rings. The zero-order valence-corrected chi connectivity index (χ0v) is 20.2. The van der Waals surface area contributed by atoms with Gasteiger partial charge in [-0.3, -0.25) is 9.69 Å². The number of anilines is 1. The summed E-state index contributed by atoms with van der Waals surface area (Å²) in [6.45, 7) is 1.21. The number of nitrogens with zero attached hydrogens (tertiary/aromatic N) is 3. The monoisotopic (exact) mass is 485 g/mol. The highest BCUT2D eigenvalue weighted by atomic mass is 35.5. The van der Waals surface area contributed by atoms with Crippen molar-refractivity contribution in [1.82, 2.24) is 9.88 Å². The van der Waals surface area contributed by atoms with Crippen molar-refractivity contribution < 1.29 is 13.2 Å². The molecule has 0 radical (unpaired) electrons. The van der Waals surface area contributed by atoms with Crippen molar-refractivity contribution in [3.05, 3.63) is 48.5 Å². The van der Waals surface area contributed by atoms with E-state index in [1.807, 2.05) is 49.3 Å². The second kappa shape index (κ2) is 10.6. The molecule has 0 atom stereocenters. The topological polar surface area (TPSA) is 70.6 Å². The van der Waals surface area contributed by atoms with Crippen LogP contribution >= 0.6 is 35.5 Å². The zero-order chi connectivity index (χ0) is 21.0. The second-order valence-electron chi connectivity index (χ2n) is 6.85. The molecule has 0 saturated heterocycles. The van der Waals surface area contributed by atoms with Crippen LogP contribution in [0.2, 0.25) is 0 Å². The fourth-order valence-corrected chi connectivity index (χ4v) is 5.17. The molecular formula is C20H24ClN3O3S3. The Morgan fingerprint density at radius 2 is 1.80 bits per heavy atom. The molecular weight excluding hydrogens is 462 g/mol. The van der Waals surface area contributed by atoms with Crippen LogP contribution in [0.5, 0.6) is 0 Å². The Hall–Kier alpha value is -1.65. The average Bonchev–Trinajstić information content (AvgIpc) is 3.09. The number of sulfone groups is 1. The molecule has 2 aromatic carbocycles. The van der Waals surface area contributed by atoms with Crippen molar-refractivity contribution in [3.63, 3.8) is 0 Å². The van der Waals surface area contributed by atoms with Crippen molar-refractivity contribution in [2.75, 3.05) is 44.1 Å². The molecule has 0 aliphatic rings. The third-order valence-corrected chi connectivity index (χ3v) is 7.33. The first-order valence-electron chi connectivity index (χ1n) is 8.97. The van der Waals surface area contributed by atoms with Crippen LogP contribution in [0, 0.1) is 0 Å². The Bertz CT molecular complexity index is 1100. The van der Waals surface area contributed by atoms with Gasteiger partial charge in [0.1, 0.15) is 0 Å². The van der Waals surface area contributed by atoms with Crippen LogP contribution in [0.1, 0.15) is 0 Å². The number of thiazole rings is 1. The van der Waals surface area contributed by atoms with E-state index in [4.69, 9.17) is 0 Å². The van der Waals surface area contributed by atoms with E-state index >= 15 is 0 Å². The highest BCUT2D eigenvalue weighted by molar-refractivity contribution is 8.00. The SMILES string of the molecule is CN(C)CCN(C(=O)CSc1ccccc1)c1nc2ccc(S(C)(=O)=O)cc2s1.Cl. The van der Waals surface area contributed by atoms with Gasteiger partial charge in [0.25, 0.3) is 0 Å². The summed E-state index contributed by atoms with van der Waals surface area (Å²) in [5.74, 6) is 0.283. The number of carbonyl (C=O) groups is 1. The van der Waals surface area contributed by atoms with Crippen molar-refractivity contribution >= 4 is 66.6 Å². The Morgan fingerprint density at radius 3 is 2.43 bits per heavy atom. The summed E-state index contributed by atoms with van der Waals surface area (Å²) >= 11 is 2.83. The third kappa shape index (κ3) is 6.42. The number of likely N-dealkylation sites (N-methyl/N-ethyl adjacent to an activating group) is 1. The number of hydrogen-bond acceptors (Lipinski definition) is 7. The van der Waals surface area contributed by atoms with Gasteiger partial charge in [0.2, 0.25) is 5.91 Å². The van der Waals surface area contributed by atoms with E-state index in [0.717, 1.165) is 9.60 Å². The van der Waals surface area contributed by atoms with Crippen LogP contribution < -0.4 is 4.90 Å². The molecule has 0 unspecified atom stereocenters. The molecule has 1 heterocycles. The molecule has 30 heavy (non-hydrogen) atoms. The predicted molar refractivity (Wildman–Crippen MR) is 128 cm³/mol. The molecule has 0 spiro atoms. The fourth-order valence-electron chi connectivity index (χ4n) is 2.61. The average molecular weight is 486 g/mol. The molecule has 0 saturated carbocycles. The lowest BCUT2D eigenvalue weighted by atomic mass is 10.3. The number of fused-ring (bicyclic) bond motifs is 1. The maximum absolute atomic E-state index is 13.0. The lowest BCUT2D eigenvalue weighted by Gasteiger charge is -2.21. The van der Waals surface area contributed by atoms with Crippen molar-refractivity contribution in [1.29, 1.82) is 0 Å². The van der Waals surface area contributed by atoms with E-state index in [-0.39, 0.29) is 23.2 Å². The van der Waals surface area contributed by atoms with E-state index in [1.54, 1.807) is 23.1 Å². The van der Waals surface area contributed by atoms with Gasteiger partial charge in [0.05, 0.1) is 20.9 Å². The number of halogens is 1. The van der Waals surface area contributed by atoms with Gasteiger partial charge >= 0.3 is 0 Å². The molecule has 1 aromatic heterocycles. The van der Waals surface area contributed by atoms with Gasteiger partial charge in [-0.15, -0.1) is 24.2 Å². The summed E-state index contributed by atoms with van der Waals surface area (Å²) in [5, 5.41) is 0.589. The first-order valence-corrected chi connectivity index (χ1v) is 12.7. The van der Waals surface area contributed by atoms with Crippen molar-refractivity contribution in [2.24, 2.45) is 0 Å². The van der Waals surface area contributed by atoms with Crippen LogP contribution in [-0.4, -0.2) is 63.4 Å². The summed E-state index contributed by atoms with van der Waals surface area (Å²) in [7, 11) is 0.619. The van der Waals surface area contributed by atoms with Crippen molar-refractivity contribution in [2.45, 2.75) is 9.79 Å². The smallest absolute Gasteiger partial charge is 0.239 e. The molecule has 1 amide bonds. The van der Waals surface area contributed by atoms with E-state index in [0.29, 0.717) is 29.5 Å². The highest BCUT2D eigenvalue weighted by Crippen LogP contribution is 2.31. The predicted octanol–water partition coefficient (Wildman–Crippen LogP) is 3.81. The molecule has 0 aliphatic heterocycles. The summed E-state index contributed by atoms with van der Waals surface area (Å²) in [6, 6.07) is 14.7. The zero-order valence-electron chi connectivity index (χ0n) is 16.9. The molecule has 0 N–H and O–H groups in total. The van der Waals surface area contributed by atoms with Crippen LogP contribution in [-0.2, 0) is 14.6 Å². The minimum atomic E-state index is -3.29. The Kier molecular flexibility index (Phi) is 8.69. The number of hydrogen-bond donors (Lipinski definition) is 0. The normalized spacial score (nSPS) is 11.5. The number of carbonyl (C=O) groups excluding carboxylic acids is 1. The molecule has 3 rings (SSSR count). The quantitative estimate of drug-likeness (QED) is 0.452. The lowest BCUT2D eigenvalue weighted by molar-refractivity contribution is -0.116. The van der Waals surface area contributed by atoms with Gasteiger partial charge in [-0.2, -0.15) is 0 Å². The van der Waals surface area contributed by atoms with E-state index in [1.165, 1.54) is 29.4 Å². The maximum Gasteiger partial charge on any atom is 0.239 e. The Morgan fingerprint density at radius 1 is 1.10 bits per heavy atom. The third-order valence-electron chi connectivity index (χ3n) is 4.19. The lowest BCUT2D eigenvalue weighted by Crippen LogP contribution is -2.37. The number of thioether (sulfide) groups is 1. The molecule has 0 bridgehead atoms. The van der Waals surface area contributed by atoms with Crippen LogP contribution in [0.4, 0.5) is 5.13 Å². The molecule has 162 valence electrons. The van der Waals surface area contributed by atoms with E-state index < -0.39 is 9.84 Å². The van der Waals surface area contributed by atoms with Crippen LogP contribution in [0.3, 0.4) is 0 Å². The molecule has 10 heteroatoms. The first-order chi connectivity index (χ1) is 13.7. The van der Waals surface area contributed by atoms with Gasteiger partial charge in [-0.05, 0) is 44.4 Å². The number of aromatic nitrogens is 1. The molecule has 3 aromatic rings. The minimum Gasteiger partial charge on any atom is -0.308 e. The summed E-state index contributed by atoms with van der Waals surface area (Å²) in [6.07, 6.45) is 1.18. The van der Waals surface area contributed by atoms with Crippen molar-refractivity contribution in [3.8, 4) is 0 Å². The molecule has 6 nitrogen and oxygen atoms in total. The Balaban J connectivity index is 0.00000320. The highest BCUT2D eigenvalue weighted by Gasteiger charge is 2.21. The summed E-state index contributed by atoms with van der Waals surface area (Å²) in [5.41, 5.74) is 0.691. The number of rotatable bonds is 8. The van der Waals surface area contributed by atoms with E-state index in [2.05, 4.69) is 4.98 Å². The number of benzene rings is 2. The van der Waals surface area contributed by atoms with Crippen LogP contribution in [0.25, 0.3) is 10.2 Å². The van der Waals surface area contributed by atoms with E-state index in [9.17, 15) is 13.2 Å². The van der Waals surface area contributed by atoms with Gasteiger partial charge in [-0.1, -0.05) is 29.5 Å². The summed E-state index contributed by atoms with van der Waals surface area (Å²) < 4.78 is 24.4. The van der Waals surface area contributed by atoms with Gasteiger partial charge in [0, 0.05) is 24.2 Å². The minimum absolute atomic E-state index is 0. The second-order valence-corrected chi connectivity index (χ2v) is 10.9. The fraction of sp³-hybridized carbons (Fsp3) is 0.300. The maximum atomic E-state index is 13.0. The number of amides is 1.